The lowest BCUT2D eigenvalue weighted by atomic mass is 9.94. The van der Waals surface area contributed by atoms with Crippen LogP contribution in [0.4, 0.5) is 0 Å². The summed E-state index contributed by atoms with van der Waals surface area (Å²) in [5.41, 5.74) is 0. The van der Waals surface area contributed by atoms with Gasteiger partial charge in [-0.3, -0.25) is 0 Å². The summed E-state index contributed by atoms with van der Waals surface area (Å²) in [5.74, 6) is 0. The van der Waals surface area contributed by atoms with Crippen LogP contribution in [0.25, 0.3) is 0 Å². The molecule has 0 radical (unpaired) electrons. The van der Waals surface area contributed by atoms with Crippen LogP contribution in [0.1, 0.15) is 32.1 Å². The molecule has 1 saturated carbocycles. The van der Waals surface area contributed by atoms with E-state index < -0.39 is 10.1 Å². The van der Waals surface area contributed by atoms with Gasteiger partial charge in [-0.15, -0.1) is 0 Å². The summed E-state index contributed by atoms with van der Waals surface area (Å²) in [6, 6.07) is 8.13. The first-order valence-corrected chi connectivity index (χ1v) is 8.44. The molecule has 0 bridgehead atoms. The summed E-state index contributed by atoms with van der Waals surface area (Å²) >= 11 is 0. The molecule has 0 atom stereocenters. The van der Waals surface area contributed by atoms with Gasteiger partial charge < -0.3 is 9.04 Å². The highest BCUT2D eigenvalue weighted by Gasteiger charge is 2.24. The molecule has 0 aromatic heterocycles. The maximum Gasteiger partial charge on any atom is 0.124 e. The van der Waals surface area contributed by atoms with Gasteiger partial charge in [0.25, 0.3) is 0 Å². The van der Waals surface area contributed by atoms with Gasteiger partial charge in [0.05, 0.1) is 32.1 Å². The Balaban J connectivity index is 0.000000200. The van der Waals surface area contributed by atoms with E-state index in [-0.39, 0.29) is 4.90 Å². The predicted molar refractivity (Wildman–Crippen MR) is 79.3 cm³/mol. The zero-order chi connectivity index (χ0) is 15.2. The fourth-order valence-corrected chi connectivity index (χ4v) is 2.93. The minimum absolute atomic E-state index is 0.185. The Hall–Kier alpha value is -0.910. The van der Waals surface area contributed by atoms with E-state index in [9.17, 15) is 13.0 Å². The lowest BCUT2D eigenvalue weighted by Gasteiger charge is -2.36. The first-order chi connectivity index (χ1) is 9.21. The van der Waals surface area contributed by atoms with Crippen LogP contribution in [0.15, 0.2) is 35.2 Å². The van der Waals surface area contributed by atoms with Crippen molar-refractivity contribution in [3.05, 3.63) is 30.3 Å². The average molecular weight is 299 g/mol. The largest absolute Gasteiger partial charge is 0.744 e. The van der Waals surface area contributed by atoms with Crippen molar-refractivity contribution in [2.45, 2.75) is 43.0 Å². The molecule has 114 valence electrons. The maximum atomic E-state index is 10.3. The Morgan fingerprint density at radius 3 is 1.80 bits per heavy atom. The second-order valence-corrected chi connectivity index (χ2v) is 7.55. The smallest absolute Gasteiger partial charge is 0.124 e. The molecule has 0 saturated heterocycles. The zero-order valence-electron chi connectivity index (χ0n) is 12.6. The number of quaternary nitrogens is 1. The monoisotopic (exact) mass is 299 g/mol. The summed E-state index contributed by atoms with van der Waals surface area (Å²) in [5, 5.41) is 0. The zero-order valence-corrected chi connectivity index (χ0v) is 13.4. The van der Waals surface area contributed by atoms with E-state index in [0.717, 1.165) is 6.04 Å². The number of nitrogens with zero attached hydrogens (tertiary/aromatic N) is 1. The standard InChI is InChI=1S/C9H20N.C6H6O3S/c1-10(2,3)9-7-5-4-6-8-9;7-10(8,9)6-4-2-1-3-5-6/h9H,4-8H2,1-3H3;1-5H,(H,7,8,9)/q+1;/p-1. The van der Waals surface area contributed by atoms with Crippen molar-refractivity contribution in [1.82, 2.24) is 0 Å². The fourth-order valence-electron chi connectivity index (χ4n) is 2.44. The molecule has 1 aliphatic carbocycles. The lowest BCUT2D eigenvalue weighted by molar-refractivity contribution is -0.897. The molecule has 5 heteroatoms. The van der Waals surface area contributed by atoms with Gasteiger partial charge >= 0.3 is 0 Å². The molecule has 0 heterocycles. The van der Waals surface area contributed by atoms with Crippen LogP contribution in [0.3, 0.4) is 0 Å². The summed E-state index contributed by atoms with van der Waals surface area (Å²) in [6.45, 7) is 0. The molecular formula is C15H25NO3S. The van der Waals surface area contributed by atoms with Gasteiger partial charge in [-0.05, 0) is 37.8 Å². The fraction of sp³-hybridized carbons (Fsp3) is 0.600. The molecule has 1 aromatic rings. The van der Waals surface area contributed by atoms with Crippen molar-refractivity contribution in [2.24, 2.45) is 0 Å². The van der Waals surface area contributed by atoms with Crippen molar-refractivity contribution >= 4 is 10.1 Å². The van der Waals surface area contributed by atoms with Crippen LogP contribution < -0.4 is 0 Å². The minimum atomic E-state index is -4.25. The van der Waals surface area contributed by atoms with Crippen LogP contribution >= 0.6 is 0 Å². The molecule has 0 aliphatic heterocycles. The van der Waals surface area contributed by atoms with Crippen molar-refractivity contribution in [1.29, 1.82) is 0 Å². The van der Waals surface area contributed by atoms with Crippen LogP contribution in [0, 0.1) is 0 Å². The summed E-state index contributed by atoms with van der Waals surface area (Å²) in [4.78, 5) is -0.185. The van der Waals surface area contributed by atoms with E-state index in [4.69, 9.17) is 0 Å². The molecule has 0 spiro atoms. The third-order valence-electron chi connectivity index (χ3n) is 3.70. The molecular weight excluding hydrogens is 274 g/mol. The third kappa shape index (κ3) is 6.03. The molecule has 4 nitrogen and oxygen atoms in total. The Morgan fingerprint density at radius 2 is 1.50 bits per heavy atom. The SMILES string of the molecule is C[N+](C)(C)C1CCCCC1.O=S(=O)([O-])c1ccccc1. The van der Waals surface area contributed by atoms with Gasteiger partial charge in [0.2, 0.25) is 0 Å². The maximum absolute atomic E-state index is 10.3. The molecule has 1 aromatic carbocycles. The van der Waals surface area contributed by atoms with Crippen molar-refractivity contribution in [2.75, 3.05) is 21.1 Å². The Morgan fingerprint density at radius 1 is 1.00 bits per heavy atom. The quantitative estimate of drug-likeness (QED) is 0.623. The normalized spacial score (nSPS) is 17.2. The van der Waals surface area contributed by atoms with Gasteiger partial charge in [0.15, 0.2) is 0 Å². The Kier molecular flexibility index (Phi) is 6.17. The van der Waals surface area contributed by atoms with Crippen LogP contribution in [-0.2, 0) is 10.1 Å². The Labute approximate surface area is 122 Å². The topological polar surface area (TPSA) is 57.2 Å². The third-order valence-corrected chi connectivity index (χ3v) is 4.55. The molecule has 0 N–H and O–H groups in total. The molecule has 0 unspecified atom stereocenters. The van der Waals surface area contributed by atoms with E-state index in [0.29, 0.717) is 0 Å². The van der Waals surface area contributed by atoms with E-state index in [2.05, 4.69) is 21.1 Å². The summed E-state index contributed by atoms with van der Waals surface area (Å²) in [7, 11) is 2.69. The average Bonchev–Trinajstić information content (AvgIpc) is 2.40. The second-order valence-electron chi connectivity index (χ2n) is 6.18. The second kappa shape index (κ2) is 7.20. The number of rotatable bonds is 2. The minimum Gasteiger partial charge on any atom is -0.744 e. The molecule has 20 heavy (non-hydrogen) atoms. The van der Waals surface area contributed by atoms with Crippen LogP contribution in [-0.4, -0.2) is 44.6 Å². The lowest BCUT2D eigenvalue weighted by Crippen LogP contribution is -2.45. The first-order valence-electron chi connectivity index (χ1n) is 7.03. The van der Waals surface area contributed by atoms with Crippen LogP contribution in [0.2, 0.25) is 0 Å². The van der Waals surface area contributed by atoms with Crippen molar-refractivity contribution < 1.29 is 17.5 Å². The van der Waals surface area contributed by atoms with Gasteiger partial charge in [0.1, 0.15) is 10.1 Å². The van der Waals surface area contributed by atoms with Crippen molar-refractivity contribution in [3.63, 3.8) is 0 Å². The highest BCUT2D eigenvalue weighted by Crippen LogP contribution is 2.23. The summed E-state index contributed by atoms with van der Waals surface area (Å²) in [6.07, 6.45) is 7.28. The van der Waals surface area contributed by atoms with Crippen molar-refractivity contribution in [3.8, 4) is 0 Å². The molecule has 2 rings (SSSR count). The van der Waals surface area contributed by atoms with Gasteiger partial charge in [-0.25, -0.2) is 8.42 Å². The molecule has 1 aliphatic rings. The first kappa shape index (κ1) is 17.1. The van der Waals surface area contributed by atoms with Crippen LogP contribution in [0.5, 0.6) is 0 Å². The van der Waals surface area contributed by atoms with E-state index in [1.807, 2.05) is 0 Å². The van der Waals surface area contributed by atoms with Gasteiger partial charge in [-0.2, -0.15) is 0 Å². The highest BCUT2D eigenvalue weighted by atomic mass is 32.2. The highest BCUT2D eigenvalue weighted by molar-refractivity contribution is 7.85. The number of hydrogen-bond donors (Lipinski definition) is 0. The van der Waals surface area contributed by atoms with Gasteiger partial charge in [-0.1, -0.05) is 24.6 Å². The summed E-state index contributed by atoms with van der Waals surface area (Å²) < 4.78 is 32.0. The molecule has 0 amide bonds. The number of benzene rings is 1. The Bertz CT molecular complexity index is 486. The molecule has 1 fully saturated rings. The van der Waals surface area contributed by atoms with E-state index in [1.165, 1.54) is 60.9 Å². The predicted octanol–water partition coefficient (Wildman–Crippen LogP) is 2.62. The van der Waals surface area contributed by atoms with E-state index in [1.54, 1.807) is 6.07 Å². The van der Waals surface area contributed by atoms with Gasteiger partial charge in [0, 0.05) is 0 Å². The number of hydrogen-bond acceptors (Lipinski definition) is 3. The van der Waals surface area contributed by atoms with E-state index >= 15 is 0 Å².